The third kappa shape index (κ3) is 9.71. The van der Waals surface area contributed by atoms with E-state index in [1.54, 1.807) is 18.2 Å². The first-order valence-electron chi connectivity index (χ1n) is 13.7. The highest BCUT2D eigenvalue weighted by atomic mass is 35.5. The van der Waals surface area contributed by atoms with Gasteiger partial charge in [-0.1, -0.05) is 66.5 Å². The van der Waals surface area contributed by atoms with Crippen molar-refractivity contribution in [1.82, 2.24) is 10.2 Å². The van der Waals surface area contributed by atoms with E-state index < -0.39 is 21.9 Å². The molecular weight excluding hydrogens is 600 g/mol. The molecule has 0 aliphatic rings. The van der Waals surface area contributed by atoms with Crippen LogP contribution in [0.5, 0.6) is 0 Å². The quantitative estimate of drug-likeness (QED) is 0.227. The molecule has 7 nitrogen and oxygen atoms in total. The van der Waals surface area contributed by atoms with E-state index in [-0.39, 0.29) is 50.2 Å². The first kappa shape index (κ1) is 33.4. The number of rotatable bonds is 14. The summed E-state index contributed by atoms with van der Waals surface area (Å²) in [6.45, 7) is 3.95. The van der Waals surface area contributed by atoms with Crippen LogP contribution in [0.4, 0.5) is 10.1 Å². The Bertz CT molecular complexity index is 1460. The van der Waals surface area contributed by atoms with Gasteiger partial charge < -0.3 is 10.2 Å². The summed E-state index contributed by atoms with van der Waals surface area (Å²) >= 11 is 12.4. The van der Waals surface area contributed by atoms with Crippen molar-refractivity contribution < 1.29 is 22.4 Å². The Morgan fingerprint density at radius 1 is 0.952 bits per heavy atom. The molecule has 3 aromatic rings. The number of amides is 2. The standard InChI is InChI=1S/C31H36Cl2FN3O4S/c1-4-22(2)35-31(39)29(20-23-9-6-5-7-10-23)36(21-24-12-17-27(32)28(33)19-24)30(38)11-8-18-37(42(3,40)41)26-15-13-25(34)14-16-26/h5-7,9-10,12-17,19,22,29H,4,8,11,18,20-21H2,1-3H3,(H,35,39)/t22-,29-/m0/s1. The summed E-state index contributed by atoms with van der Waals surface area (Å²) in [5.41, 5.74) is 1.87. The lowest BCUT2D eigenvalue weighted by atomic mass is 10.0. The number of nitrogens with zero attached hydrogens (tertiary/aromatic N) is 2. The minimum Gasteiger partial charge on any atom is -0.352 e. The normalized spacial score (nSPS) is 12.8. The minimum atomic E-state index is -3.70. The van der Waals surface area contributed by atoms with Crippen LogP contribution in [0, 0.1) is 5.82 Å². The highest BCUT2D eigenvalue weighted by molar-refractivity contribution is 7.92. The Labute approximate surface area is 257 Å². The van der Waals surface area contributed by atoms with E-state index in [1.165, 1.54) is 29.2 Å². The highest BCUT2D eigenvalue weighted by Gasteiger charge is 2.31. The molecule has 3 rings (SSSR count). The molecule has 0 aromatic heterocycles. The fourth-order valence-corrected chi connectivity index (χ4v) is 5.73. The summed E-state index contributed by atoms with van der Waals surface area (Å²) in [5, 5.41) is 3.71. The molecule has 0 heterocycles. The van der Waals surface area contributed by atoms with Crippen LogP contribution >= 0.6 is 23.2 Å². The van der Waals surface area contributed by atoms with E-state index in [1.807, 2.05) is 44.2 Å². The van der Waals surface area contributed by atoms with Crippen LogP contribution in [0.15, 0.2) is 72.8 Å². The number of anilines is 1. The van der Waals surface area contributed by atoms with E-state index >= 15 is 0 Å². The monoisotopic (exact) mass is 635 g/mol. The van der Waals surface area contributed by atoms with Crippen LogP contribution in [-0.4, -0.2) is 50.0 Å². The summed E-state index contributed by atoms with van der Waals surface area (Å²) in [7, 11) is -3.70. The number of sulfonamides is 1. The SMILES string of the molecule is CC[C@H](C)NC(=O)[C@H](Cc1ccccc1)N(Cc1ccc(Cl)c(Cl)c1)C(=O)CCCN(c1ccc(F)cc1)S(C)(=O)=O. The van der Waals surface area contributed by atoms with Gasteiger partial charge in [-0.25, -0.2) is 12.8 Å². The minimum absolute atomic E-state index is 0.000758. The summed E-state index contributed by atoms with van der Waals surface area (Å²) in [5.74, 6) is -1.10. The molecule has 0 fully saturated rings. The predicted molar refractivity (Wildman–Crippen MR) is 167 cm³/mol. The Balaban J connectivity index is 1.91. The van der Waals surface area contributed by atoms with Crippen LogP contribution in [0.25, 0.3) is 0 Å². The molecule has 0 bridgehead atoms. The lowest BCUT2D eigenvalue weighted by Gasteiger charge is -2.33. The van der Waals surface area contributed by atoms with E-state index in [0.29, 0.717) is 21.3 Å². The van der Waals surface area contributed by atoms with Gasteiger partial charge in [-0.3, -0.25) is 13.9 Å². The fourth-order valence-electron chi connectivity index (χ4n) is 4.44. The lowest BCUT2D eigenvalue weighted by molar-refractivity contribution is -0.141. The van der Waals surface area contributed by atoms with E-state index in [4.69, 9.17) is 23.2 Å². The van der Waals surface area contributed by atoms with Gasteiger partial charge in [0.25, 0.3) is 0 Å². The molecule has 0 saturated carbocycles. The third-order valence-electron chi connectivity index (χ3n) is 6.88. The molecule has 1 N–H and O–H groups in total. The summed E-state index contributed by atoms with van der Waals surface area (Å²) < 4.78 is 39.6. The van der Waals surface area contributed by atoms with Gasteiger partial charge in [0, 0.05) is 32.0 Å². The van der Waals surface area contributed by atoms with Crippen molar-refractivity contribution in [1.29, 1.82) is 0 Å². The van der Waals surface area contributed by atoms with Gasteiger partial charge in [0.2, 0.25) is 21.8 Å². The maximum absolute atomic E-state index is 13.9. The number of hydrogen-bond acceptors (Lipinski definition) is 4. The topological polar surface area (TPSA) is 86.8 Å². The van der Waals surface area contributed by atoms with Crippen molar-refractivity contribution in [2.45, 2.75) is 58.2 Å². The second-order valence-corrected chi connectivity index (χ2v) is 12.9. The molecule has 226 valence electrons. The van der Waals surface area contributed by atoms with Crippen LogP contribution < -0.4 is 9.62 Å². The first-order valence-corrected chi connectivity index (χ1v) is 16.3. The highest BCUT2D eigenvalue weighted by Crippen LogP contribution is 2.25. The van der Waals surface area contributed by atoms with Crippen molar-refractivity contribution >= 4 is 50.7 Å². The molecule has 0 aliphatic heterocycles. The molecule has 0 saturated heterocycles. The second-order valence-electron chi connectivity index (χ2n) is 10.2. The molecule has 42 heavy (non-hydrogen) atoms. The van der Waals surface area contributed by atoms with Crippen LogP contribution in [-0.2, 0) is 32.6 Å². The van der Waals surface area contributed by atoms with Gasteiger partial charge in [0.15, 0.2) is 0 Å². The van der Waals surface area contributed by atoms with Crippen LogP contribution in [0.1, 0.15) is 44.2 Å². The molecule has 2 amide bonds. The predicted octanol–water partition coefficient (Wildman–Crippen LogP) is 6.23. The smallest absolute Gasteiger partial charge is 0.243 e. The van der Waals surface area contributed by atoms with Gasteiger partial charge in [-0.15, -0.1) is 0 Å². The number of nitrogens with one attached hydrogen (secondary N) is 1. The molecule has 0 aliphatic carbocycles. The molecule has 2 atom stereocenters. The van der Waals surface area contributed by atoms with Gasteiger partial charge in [0.1, 0.15) is 11.9 Å². The number of hydrogen-bond donors (Lipinski definition) is 1. The summed E-state index contributed by atoms with van der Waals surface area (Å²) in [6.07, 6.45) is 2.20. The van der Waals surface area contributed by atoms with Crippen molar-refractivity contribution in [3.05, 3.63) is 99.8 Å². The largest absolute Gasteiger partial charge is 0.352 e. The maximum Gasteiger partial charge on any atom is 0.243 e. The van der Waals surface area contributed by atoms with Crippen molar-refractivity contribution in [3.63, 3.8) is 0 Å². The Morgan fingerprint density at radius 2 is 1.62 bits per heavy atom. The first-order chi connectivity index (χ1) is 19.9. The van der Waals surface area contributed by atoms with E-state index in [0.717, 1.165) is 22.5 Å². The van der Waals surface area contributed by atoms with E-state index in [2.05, 4.69) is 5.32 Å². The van der Waals surface area contributed by atoms with Gasteiger partial charge in [-0.2, -0.15) is 0 Å². The molecular formula is C31H36Cl2FN3O4S. The zero-order valence-electron chi connectivity index (χ0n) is 23.9. The van der Waals surface area contributed by atoms with Gasteiger partial charge in [0.05, 0.1) is 22.0 Å². The summed E-state index contributed by atoms with van der Waals surface area (Å²) in [6, 6.07) is 18.7. The van der Waals surface area contributed by atoms with Crippen molar-refractivity contribution in [3.8, 4) is 0 Å². The lowest BCUT2D eigenvalue weighted by Crippen LogP contribution is -2.52. The van der Waals surface area contributed by atoms with Crippen LogP contribution in [0.2, 0.25) is 10.0 Å². The Morgan fingerprint density at radius 3 is 2.21 bits per heavy atom. The number of benzene rings is 3. The molecule has 0 spiro atoms. The zero-order chi connectivity index (χ0) is 30.9. The van der Waals surface area contributed by atoms with Gasteiger partial charge >= 0.3 is 0 Å². The van der Waals surface area contributed by atoms with E-state index in [9.17, 15) is 22.4 Å². The Kier molecular flexibility index (Phi) is 12.2. The number of halogens is 3. The molecule has 0 unspecified atom stereocenters. The Hall–Kier alpha value is -3.14. The van der Waals surface area contributed by atoms with Crippen molar-refractivity contribution in [2.75, 3.05) is 17.1 Å². The molecule has 11 heteroatoms. The third-order valence-corrected chi connectivity index (χ3v) is 8.81. The average molecular weight is 637 g/mol. The maximum atomic E-state index is 13.9. The van der Waals surface area contributed by atoms with Gasteiger partial charge in [-0.05, 0) is 67.3 Å². The zero-order valence-corrected chi connectivity index (χ0v) is 26.2. The fraction of sp³-hybridized carbons (Fsp3) is 0.355. The average Bonchev–Trinajstić information content (AvgIpc) is 2.95. The number of carbonyl (C=O) groups excluding carboxylic acids is 2. The molecule has 3 aromatic carbocycles. The van der Waals surface area contributed by atoms with Crippen molar-refractivity contribution in [2.24, 2.45) is 0 Å². The number of carbonyl (C=O) groups is 2. The molecule has 0 radical (unpaired) electrons. The van der Waals surface area contributed by atoms with Crippen LogP contribution in [0.3, 0.4) is 0 Å². The second kappa shape index (κ2) is 15.4. The summed E-state index contributed by atoms with van der Waals surface area (Å²) in [4.78, 5) is 29.0.